The molecule has 106 valence electrons. The minimum absolute atomic E-state index is 0.000648. The van der Waals surface area contributed by atoms with Crippen LogP contribution >= 0.6 is 0 Å². The zero-order valence-corrected chi connectivity index (χ0v) is 12.2. The first kappa shape index (κ1) is 15.2. The lowest BCUT2D eigenvalue weighted by Gasteiger charge is -2.23. The first-order chi connectivity index (χ1) is 8.84. The average Bonchev–Trinajstić information content (AvgIpc) is 2.35. The molecule has 0 unspecified atom stereocenters. The van der Waals surface area contributed by atoms with Crippen LogP contribution < -0.4 is 10.5 Å². The Morgan fingerprint density at radius 1 is 1.26 bits per heavy atom. The lowest BCUT2D eigenvalue weighted by molar-refractivity contribution is 0.122. The van der Waals surface area contributed by atoms with Gasteiger partial charge in [0.05, 0.1) is 11.3 Å². The number of oxime groups is 1. The Labute approximate surface area is 113 Å². The van der Waals surface area contributed by atoms with Crippen molar-refractivity contribution in [2.24, 2.45) is 10.9 Å². The van der Waals surface area contributed by atoms with Crippen molar-refractivity contribution in [2.45, 2.75) is 53.1 Å². The Morgan fingerprint density at radius 2 is 1.89 bits per heavy atom. The molecule has 0 amide bonds. The minimum Gasteiger partial charge on any atom is -0.470 e. The van der Waals surface area contributed by atoms with Crippen molar-refractivity contribution < 1.29 is 9.94 Å². The molecular formula is C13H22N4O2. The molecule has 0 spiro atoms. The molecule has 1 heterocycles. The number of aromatic nitrogens is 2. The molecule has 1 aromatic rings. The normalized spacial score (nSPS) is 12.6. The summed E-state index contributed by atoms with van der Waals surface area (Å²) < 4.78 is 5.75. The van der Waals surface area contributed by atoms with E-state index in [9.17, 15) is 0 Å². The second kappa shape index (κ2) is 5.86. The predicted octanol–water partition coefficient (Wildman–Crippen LogP) is 1.87. The lowest BCUT2D eigenvalue weighted by Crippen LogP contribution is -2.28. The van der Waals surface area contributed by atoms with Crippen molar-refractivity contribution in [3.05, 3.63) is 16.8 Å². The van der Waals surface area contributed by atoms with Crippen molar-refractivity contribution in [3.63, 3.8) is 0 Å². The molecule has 0 saturated carbocycles. The van der Waals surface area contributed by atoms with Crippen LogP contribution in [0.4, 0.5) is 0 Å². The molecule has 0 aliphatic heterocycles. The third-order valence-corrected chi connectivity index (χ3v) is 2.58. The van der Waals surface area contributed by atoms with Crippen LogP contribution in [0.2, 0.25) is 0 Å². The van der Waals surface area contributed by atoms with Crippen molar-refractivity contribution in [2.75, 3.05) is 0 Å². The summed E-state index contributed by atoms with van der Waals surface area (Å²) in [6.07, 6.45) is 1.45. The van der Waals surface area contributed by atoms with Gasteiger partial charge in [0.25, 0.3) is 0 Å². The molecule has 6 nitrogen and oxygen atoms in total. The van der Waals surface area contributed by atoms with Gasteiger partial charge in [-0.25, -0.2) is 0 Å². The minimum atomic E-state index is -0.433. The lowest BCUT2D eigenvalue weighted by atomic mass is 10.0. The van der Waals surface area contributed by atoms with Crippen molar-refractivity contribution in [1.29, 1.82) is 0 Å². The van der Waals surface area contributed by atoms with Crippen LogP contribution in [0.15, 0.2) is 5.16 Å². The third kappa shape index (κ3) is 3.56. The van der Waals surface area contributed by atoms with E-state index < -0.39 is 5.60 Å². The van der Waals surface area contributed by atoms with Crippen LogP contribution in [-0.4, -0.2) is 26.8 Å². The molecule has 0 atom stereocenters. The molecule has 0 fully saturated rings. The Balaban J connectivity index is 3.47. The summed E-state index contributed by atoms with van der Waals surface area (Å²) in [5.41, 5.74) is 7.62. The highest BCUT2D eigenvalue weighted by atomic mass is 16.5. The van der Waals surface area contributed by atoms with E-state index in [1.165, 1.54) is 0 Å². The molecule has 3 N–H and O–H groups in total. The highest BCUT2D eigenvalue weighted by Gasteiger charge is 2.23. The van der Waals surface area contributed by atoms with Crippen LogP contribution in [0.25, 0.3) is 0 Å². The van der Waals surface area contributed by atoms with Crippen LogP contribution in [-0.2, 0) is 12.8 Å². The van der Waals surface area contributed by atoms with Gasteiger partial charge in [-0.1, -0.05) is 19.0 Å². The van der Waals surface area contributed by atoms with Crippen LogP contribution in [0, 0.1) is 0 Å². The summed E-state index contributed by atoms with van der Waals surface area (Å²) in [5, 5.41) is 20.3. The summed E-state index contributed by atoms with van der Waals surface area (Å²) >= 11 is 0. The fourth-order valence-electron chi connectivity index (χ4n) is 1.83. The average molecular weight is 266 g/mol. The van der Waals surface area contributed by atoms with Gasteiger partial charge in [-0.3, -0.25) is 0 Å². The molecule has 1 rings (SSSR count). The monoisotopic (exact) mass is 266 g/mol. The molecule has 0 saturated heterocycles. The number of rotatable bonds is 4. The number of nitrogens with two attached hydrogens (primary N) is 1. The topological polar surface area (TPSA) is 93.6 Å². The van der Waals surface area contributed by atoms with Crippen molar-refractivity contribution in [3.8, 4) is 5.88 Å². The van der Waals surface area contributed by atoms with Gasteiger partial charge in [0, 0.05) is 0 Å². The van der Waals surface area contributed by atoms with Gasteiger partial charge in [0.15, 0.2) is 5.84 Å². The number of nitrogens with zero attached hydrogens (tertiary/aromatic N) is 3. The van der Waals surface area contributed by atoms with Gasteiger partial charge in [0.1, 0.15) is 5.60 Å². The van der Waals surface area contributed by atoms with Crippen LogP contribution in [0.1, 0.15) is 51.4 Å². The van der Waals surface area contributed by atoms with Gasteiger partial charge < -0.3 is 15.7 Å². The number of hydrogen-bond donors (Lipinski definition) is 2. The van der Waals surface area contributed by atoms with Gasteiger partial charge in [-0.05, 0) is 39.2 Å². The van der Waals surface area contributed by atoms with Gasteiger partial charge in [0.2, 0.25) is 5.88 Å². The van der Waals surface area contributed by atoms with E-state index in [1.54, 1.807) is 0 Å². The molecule has 0 aliphatic carbocycles. The standard InChI is InChI=1S/C13H22N4O2/c1-6-8-9(7-2)15-16-12(19-13(3,4)5)10(8)11(14)17-18/h18H,6-7H2,1-5H3,(H2,14,17). The zero-order valence-electron chi connectivity index (χ0n) is 12.2. The van der Waals surface area contributed by atoms with Crippen LogP contribution in [0.3, 0.4) is 0 Å². The van der Waals surface area contributed by atoms with E-state index in [1.807, 2.05) is 34.6 Å². The summed E-state index contributed by atoms with van der Waals surface area (Å²) in [6, 6.07) is 0. The number of amidine groups is 1. The first-order valence-corrected chi connectivity index (χ1v) is 6.39. The van der Waals surface area contributed by atoms with E-state index in [-0.39, 0.29) is 5.84 Å². The number of aryl methyl sites for hydroxylation is 1. The Hall–Kier alpha value is -1.85. The molecule has 0 aliphatic rings. The predicted molar refractivity (Wildman–Crippen MR) is 73.7 cm³/mol. The summed E-state index contributed by atoms with van der Waals surface area (Å²) in [4.78, 5) is 0. The molecule has 0 radical (unpaired) electrons. The number of ether oxygens (including phenoxy) is 1. The Bertz CT molecular complexity index is 478. The van der Waals surface area contributed by atoms with Crippen molar-refractivity contribution >= 4 is 5.84 Å². The fraction of sp³-hybridized carbons (Fsp3) is 0.615. The van der Waals surface area contributed by atoms with E-state index in [4.69, 9.17) is 15.7 Å². The summed E-state index contributed by atoms with van der Waals surface area (Å²) in [7, 11) is 0. The van der Waals surface area contributed by atoms with E-state index >= 15 is 0 Å². The Morgan fingerprint density at radius 3 is 2.32 bits per heavy atom. The second-order valence-electron chi connectivity index (χ2n) is 5.21. The molecule has 0 bridgehead atoms. The molecular weight excluding hydrogens is 244 g/mol. The molecule has 1 aromatic heterocycles. The largest absolute Gasteiger partial charge is 0.470 e. The first-order valence-electron chi connectivity index (χ1n) is 6.39. The maximum absolute atomic E-state index is 8.95. The maximum atomic E-state index is 8.95. The SMILES string of the molecule is CCc1nnc(OC(C)(C)C)c(C(N)=NO)c1CC. The van der Waals surface area contributed by atoms with E-state index in [0.29, 0.717) is 17.9 Å². The quantitative estimate of drug-likeness (QED) is 0.375. The van der Waals surface area contributed by atoms with Crippen LogP contribution in [0.5, 0.6) is 5.88 Å². The van der Waals surface area contributed by atoms with Gasteiger partial charge in [-0.15, -0.1) is 5.10 Å². The summed E-state index contributed by atoms with van der Waals surface area (Å²) in [5.74, 6) is 0.303. The highest BCUT2D eigenvalue weighted by Crippen LogP contribution is 2.25. The van der Waals surface area contributed by atoms with E-state index in [0.717, 1.165) is 17.7 Å². The zero-order chi connectivity index (χ0) is 14.6. The van der Waals surface area contributed by atoms with Crippen molar-refractivity contribution in [1.82, 2.24) is 10.2 Å². The van der Waals surface area contributed by atoms with Gasteiger partial charge in [-0.2, -0.15) is 5.10 Å². The highest BCUT2D eigenvalue weighted by molar-refractivity contribution is 6.00. The van der Waals surface area contributed by atoms with Gasteiger partial charge >= 0.3 is 0 Å². The third-order valence-electron chi connectivity index (χ3n) is 2.58. The van der Waals surface area contributed by atoms with E-state index in [2.05, 4.69) is 15.4 Å². The number of hydrogen-bond acceptors (Lipinski definition) is 5. The fourth-order valence-corrected chi connectivity index (χ4v) is 1.83. The smallest absolute Gasteiger partial charge is 0.245 e. The molecule has 19 heavy (non-hydrogen) atoms. The second-order valence-corrected chi connectivity index (χ2v) is 5.21. The maximum Gasteiger partial charge on any atom is 0.245 e. The molecule has 0 aromatic carbocycles. The molecule has 6 heteroatoms. The summed E-state index contributed by atoms with van der Waals surface area (Å²) in [6.45, 7) is 9.70. The Kier molecular flexibility index (Phi) is 4.69.